The van der Waals surface area contributed by atoms with Crippen LogP contribution in [0.3, 0.4) is 0 Å². The van der Waals surface area contributed by atoms with Crippen LogP contribution in [0.4, 0.5) is 0 Å². The molecule has 0 fully saturated rings. The van der Waals surface area contributed by atoms with Crippen LogP contribution in [-0.4, -0.2) is 11.3 Å². The molecule has 0 saturated carbocycles. The molecule has 0 unspecified atom stereocenters. The number of hydrogen-bond donors (Lipinski definition) is 0. The van der Waals surface area contributed by atoms with Crippen molar-refractivity contribution in [3.8, 4) is 11.1 Å². The Labute approximate surface area is 109 Å². The van der Waals surface area contributed by atoms with Gasteiger partial charge in [-0.3, -0.25) is 4.79 Å². The van der Waals surface area contributed by atoms with Gasteiger partial charge < -0.3 is 0 Å². The zero-order chi connectivity index (χ0) is 12.4. The maximum atomic E-state index is 10.9. The fourth-order valence-electron chi connectivity index (χ4n) is 1.81. The van der Waals surface area contributed by atoms with E-state index in [0.717, 1.165) is 38.7 Å². The monoisotopic (exact) mass is 289 g/mol. The molecular formula is C14H12BrNO. The molecule has 0 aliphatic rings. The number of aldehydes is 1. The van der Waals surface area contributed by atoms with Gasteiger partial charge in [0.2, 0.25) is 0 Å². The van der Waals surface area contributed by atoms with E-state index >= 15 is 0 Å². The van der Waals surface area contributed by atoms with Gasteiger partial charge in [0, 0.05) is 17.3 Å². The standard InChI is InChI=1S/C14H12BrNO/c1-9-6-13(10(2)5-12(9)8-17)11-3-4-14(15)16-7-11/h3-8H,1-2H3. The van der Waals surface area contributed by atoms with Crippen molar-refractivity contribution in [2.75, 3.05) is 0 Å². The van der Waals surface area contributed by atoms with Crippen molar-refractivity contribution in [1.29, 1.82) is 0 Å². The van der Waals surface area contributed by atoms with Gasteiger partial charge in [-0.2, -0.15) is 0 Å². The van der Waals surface area contributed by atoms with Gasteiger partial charge >= 0.3 is 0 Å². The summed E-state index contributed by atoms with van der Waals surface area (Å²) >= 11 is 3.32. The fourth-order valence-corrected chi connectivity index (χ4v) is 2.05. The highest BCUT2D eigenvalue weighted by Crippen LogP contribution is 2.26. The minimum absolute atomic E-state index is 0.747. The molecule has 2 rings (SSSR count). The van der Waals surface area contributed by atoms with Crippen LogP contribution in [0, 0.1) is 13.8 Å². The lowest BCUT2D eigenvalue weighted by Crippen LogP contribution is -1.92. The SMILES string of the molecule is Cc1cc(-c2ccc(Br)nc2)c(C)cc1C=O. The quantitative estimate of drug-likeness (QED) is 0.619. The maximum absolute atomic E-state index is 10.9. The van der Waals surface area contributed by atoms with Gasteiger partial charge in [-0.05, 0) is 58.6 Å². The molecule has 0 aliphatic carbocycles. The van der Waals surface area contributed by atoms with Crippen LogP contribution in [-0.2, 0) is 0 Å². The van der Waals surface area contributed by atoms with E-state index in [0.29, 0.717) is 0 Å². The van der Waals surface area contributed by atoms with E-state index < -0.39 is 0 Å². The Balaban J connectivity index is 2.56. The first-order valence-corrected chi connectivity index (χ1v) is 6.09. The van der Waals surface area contributed by atoms with Crippen LogP contribution in [0.5, 0.6) is 0 Å². The lowest BCUT2D eigenvalue weighted by atomic mass is 9.96. The van der Waals surface area contributed by atoms with Crippen molar-refractivity contribution in [1.82, 2.24) is 4.98 Å². The zero-order valence-electron chi connectivity index (χ0n) is 9.70. The van der Waals surface area contributed by atoms with Crippen LogP contribution in [0.1, 0.15) is 21.5 Å². The highest BCUT2D eigenvalue weighted by Gasteiger charge is 2.06. The molecule has 2 nitrogen and oxygen atoms in total. The van der Waals surface area contributed by atoms with Crippen LogP contribution in [0.2, 0.25) is 0 Å². The number of nitrogens with zero attached hydrogens (tertiary/aromatic N) is 1. The van der Waals surface area contributed by atoms with E-state index in [1.165, 1.54) is 0 Å². The normalized spacial score (nSPS) is 10.3. The summed E-state index contributed by atoms with van der Waals surface area (Å²) in [6, 6.07) is 7.88. The van der Waals surface area contributed by atoms with Gasteiger partial charge in [-0.1, -0.05) is 12.1 Å². The number of halogens is 1. The minimum atomic E-state index is 0.747. The summed E-state index contributed by atoms with van der Waals surface area (Å²) in [7, 11) is 0. The summed E-state index contributed by atoms with van der Waals surface area (Å²) in [5, 5.41) is 0. The molecule has 0 bridgehead atoms. The number of aryl methyl sites for hydroxylation is 2. The molecule has 0 saturated heterocycles. The van der Waals surface area contributed by atoms with Crippen molar-refractivity contribution in [2.24, 2.45) is 0 Å². The summed E-state index contributed by atoms with van der Waals surface area (Å²) in [6.07, 6.45) is 2.72. The highest BCUT2D eigenvalue weighted by atomic mass is 79.9. The molecule has 0 radical (unpaired) electrons. The average Bonchev–Trinajstić information content (AvgIpc) is 2.33. The first-order chi connectivity index (χ1) is 8.11. The van der Waals surface area contributed by atoms with Crippen molar-refractivity contribution >= 4 is 22.2 Å². The molecule has 2 aromatic rings. The Bertz CT molecular complexity index is 561. The highest BCUT2D eigenvalue weighted by molar-refractivity contribution is 9.10. The lowest BCUT2D eigenvalue weighted by Gasteiger charge is -2.09. The Kier molecular flexibility index (Phi) is 3.38. The number of benzene rings is 1. The predicted octanol–water partition coefficient (Wildman–Crippen LogP) is 3.94. The molecule has 1 aromatic heterocycles. The summed E-state index contributed by atoms with van der Waals surface area (Å²) in [5.41, 5.74) is 5.00. The summed E-state index contributed by atoms with van der Waals surface area (Å²) < 4.78 is 0.820. The van der Waals surface area contributed by atoms with E-state index in [1.807, 2.05) is 44.3 Å². The molecular weight excluding hydrogens is 278 g/mol. The fraction of sp³-hybridized carbons (Fsp3) is 0.143. The molecule has 1 aromatic carbocycles. The number of rotatable bonds is 2. The number of carbonyl (C=O) groups excluding carboxylic acids is 1. The maximum Gasteiger partial charge on any atom is 0.150 e. The molecule has 0 spiro atoms. The van der Waals surface area contributed by atoms with E-state index in [1.54, 1.807) is 0 Å². The second-order valence-electron chi connectivity index (χ2n) is 4.01. The summed E-state index contributed by atoms with van der Waals surface area (Å²) in [4.78, 5) is 15.1. The third-order valence-corrected chi connectivity index (χ3v) is 3.25. The number of carbonyl (C=O) groups is 1. The predicted molar refractivity (Wildman–Crippen MR) is 72.2 cm³/mol. The van der Waals surface area contributed by atoms with E-state index in [2.05, 4.69) is 20.9 Å². The molecule has 1 heterocycles. The average molecular weight is 290 g/mol. The number of pyridine rings is 1. The van der Waals surface area contributed by atoms with E-state index in [-0.39, 0.29) is 0 Å². The van der Waals surface area contributed by atoms with Gasteiger partial charge in [-0.15, -0.1) is 0 Å². The second-order valence-corrected chi connectivity index (χ2v) is 4.82. The Hall–Kier alpha value is -1.48. The Morgan fingerprint density at radius 2 is 1.94 bits per heavy atom. The Morgan fingerprint density at radius 3 is 2.53 bits per heavy atom. The van der Waals surface area contributed by atoms with Crippen LogP contribution in [0.25, 0.3) is 11.1 Å². The third-order valence-electron chi connectivity index (χ3n) is 2.78. The zero-order valence-corrected chi connectivity index (χ0v) is 11.3. The Morgan fingerprint density at radius 1 is 1.18 bits per heavy atom. The molecule has 3 heteroatoms. The molecule has 0 atom stereocenters. The molecule has 17 heavy (non-hydrogen) atoms. The van der Waals surface area contributed by atoms with Crippen LogP contribution < -0.4 is 0 Å². The van der Waals surface area contributed by atoms with Gasteiger partial charge in [0.15, 0.2) is 0 Å². The smallest absolute Gasteiger partial charge is 0.150 e. The second kappa shape index (κ2) is 4.80. The number of aromatic nitrogens is 1. The first kappa shape index (κ1) is 12.0. The third kappa shape index (κ3) is 2.44. The van der Waals surface area contributed by atoms with Crippen molar-refractivity contribution in [3.05, 3.63) is 51.8 Å². The molecule has 0 aliphatic heterocycles. The van der Waals surface area contributed by atoms with Gasteiger partial charge in [0.25, 0.3) is 0 Å². The van der Waals surface area contributed by atoms with Crippen molar-refractivity contribution < 1.29 is 4.79 Å². The molecule has 0 amide bonds. The number of hydrogen-bond acceptors (Lipinski definition) is 2. The van der Waals surface area contributed by atoms with E-state index in [4.69, 9.17) is 0 Å². The van der Waals surface area contributed by atoms with Gasteiger partial charge in [0.1, 0.15) is 10.9 Å². The largest absolute Gasteiger partial charge is 0.298 e. The van der Waals surface area contributed by atoms with Gasteiger partial charge in [0.05, 0.1) is 0 Å². The van der Waals surface area contributed by atoms with Crippen LogP contribution >= 0.6 is 15.9 Å². The molecule has 86 valence electrons. The van der Waals surface area contributed by atoms with Crippen molar-refractivity contribution in [3.63, 3.8) is 0 Å². The van der Waals surface area contributed by atoms with Gasteiger partial charge in [-0.25, -0.2) is 4.98 Å². The lowest BCUT2D eigenvalue weighted by molar-refractivity contribution is 0.112. The molecule has 0 N–H and O–H groups in total. The topological polar surface area (TPSA) is 30.0 Å². The van der Waals surface area contributed by atoms with E-state index in [9.17, 15) is 4.79 Å². The first-order valence-electron chi connectivity index (χ1n) is 5.30. The minimum Gasteiger partial charge on any atom is -0.298 e. The van der Waals surface area contributed by atoms with Crippen LogP contribution in [0.15, 0.2) is 35.1 Å². The summed E-state index contributed by atoms with van der Waals surface area (Å²) in [6.45, 7) is 3.95. The van der Waals surface area contributed by atoms with Crippen molar-refractivity contribution in [2.45, 2.75) is 13.8 Å². The summed E-state index contributed by atoms with van der Waals surface area (Å²) in [5.74, 6) is 0.